The van der Waals surface area contributed by atoms with Crippen LogP contribution in [0, 0.1) is 5.92 Å². The summed E-state index contributed by atoms with van der Waals surface area (Å²) in [5.41, 5.74) is 0. The highest BCUT2D eigenvalue weighted by molar-refractivity contribution is 5.81. The second-order valence-corrected chi connectivity index (χ2v) is 5.06. The lowest BCUT2D eigenvalue weighted by Gasteiger charge is -2.27. The van der Waals surface area contributed by atoms with Crippen molar-refractivity contribution in [3.05, 3.63) is 30.3 Å². The second kappa shape index (κ2) is 6.93. The molecule has 0 saturated heterocycles. The molecular weight excluding hydrogens is 258 g/mol. The van der Waals surface area contributed by atoms with Crippen LogP contribution < -0.4 is 10.1 Å². The van der Waals surface area contributed by atoms with E-state index < -0.39 is 18.1 Å². The number of nitrogens with one attached hydrogen (secondary N) is 1. The van der Waals surface area contributed by atoms with Gasteiger partial charge in [-0.25, -0.2) is 9.59 Å². The van der Waals surface area contributed by atoms with Gasteiger partial charge in [0.1, 0.15) is 11.8 Å². The Labute approximate surface area is 117 Å². The zero-order valence-electron chi connectivity index (χ0n) is 11.2. The number of carbonyl (C=O) groups is 2. The number of para-hydroxylation sites is 1. The number of aliphatic carboxylic acids is 1. The Hall–Kier alpha value is -2.04. The molecule has 0 aromatic heterocycles. The van der Waals surface area contributed by atoms with E-state index in [0.29, 0.717) is 5.75 Å². The van der Waals surface area contributed by atoms with Crippen LogP contribution in [0.3, 0.4) is 0 Å². The first kappa shape index (κ1) is 14.4. The first-order chi connectivity index (χ1) is 9.66. The molecule has 20 heavy (non-hydrogen) atoms. The summed E-state index contributed by atoms with van der Waals surface area (Å²) in [6.07, 6.45) is 4.13. The van der Waals surface area contributed by atoms with Gasteiger partial charge in [0, 0.05) is 0 Å². The fourth-order valence-corrected chi connectivity index (χ4v) is 2.60. The Morgan fingerprint density at radius 2 is 1.80 bits per heavy atom. The maximum absolute atomic E-state index is 11.8. The Morgan fingerprint density at radius 3 is 2.40 bits per heavy atom. The van der Waals surface area contributed by atoms with Crippen molar-refractivity contribution in [3.8, 4) is 5.75 Å². The number of hydrogen-bond acceptors (Lipinski definition) is 3. The number of hydrogen-bond donors (Lipinski definition) is 2. The molecule has 1 atom stereocenters. The molecule has 0 bridgehead atoms. The van der Waals surface area contributed by atoms with Crippen molar-refractivity contribution in [3.63, 3.8) is 0 Å². The summed E-state index contributed by atoms with van der Waals surface area (Å²) in [7, 11) is 0. The molecule has 108 valence electrons. The van der Waals surface area contributed by atoms with Crippen LogP contribution in [-0.2, 0) is 4.79 Å². The molecule has 5 nitrogen and oxygen atoms in total. The molecule has 0 aliphatic heterocycles. The van der Waals surface area contributed by atoms with E-state index in [2.05, 4.69) is 5.32 Å². The van der Waals surface area contributed by atoms with Crippen LogP contribution in [0.5, 0.6) is 5.75 Å². The average molecular weight is 277 g/mol. The number of carboxylic acid groups (broad SMARTS) is 1. The molecule has 2 rings (SSSR count). The molecule has 1 unspecified atom stereocenters. The molecule has 0 radical (unpaired) electrons. The van der Waals surface area contributed by atoms with Gasteiger partial charge in [-0.15, -0.1) is 0 Å². The number of carbonyl (C=O) groups excluding carboxylic acids is 1. The summed E-state index contributed by atoms with van der Waals surface area (Å²) in [4.78, 5) is 23.1. The highest BCUT2D eigenvalue weighted by Gasteiger charge is 2.31. The zero-order valence-corrected chi connectivity index (χ0v) is 11.2. The number of benzene rings is 1. The van der Waals surface area contributed by atoms with Gasteiger partial charge in [-0.1, -0.05) is 37.5 Å². The fraction of sp³-hybridized carbons (Fsp3) is 0.467. The summed E-state index contributed by atoms with van der Waals surface area (Å²) in [5, 5.41) is 11.7. The maximum atomic E-state index is 11.8. The third-order valence-corrected chi connectivity index (χ3v) is 3.61. The quantitative estimate of drug-likeness (QED) is 0.887. The van der Waals surface area contributed by atoms with Gasteiger partial charge in [-0.2, -0.15) is 0 Å². The SMILES string of the molecule is O=C(NC(C(=O)O)C1CCCCC1)Oc1ccccc1. The molecule has 1 aromatic rings. The third-order valence-electron chi connectivity index (χ3n) is 3.61. The van der Waals surface area contributed by atoms with E-state index in [1.807, 2.05) is 6.07 Å². The number of rotatable bonds is 4. The molecule has 1 aliphatic carbocycles. The Kier molecular flexibility index (Phi) is 4.98. The summed E-state index contributed by atoms with van der Waals surface area (Å²) < 4.78 is 5.07. The lowest BCUT2D eigenvalue weighted by molar-refractivity contribution is -0.141. The monoisotopic (exact) mass is 277 g/mol. The molecule has 1 saturated carbocycles. The van der Waals surface area contributed by atoms with Gasteiger partial charge in [0.05, 0.1) is 0 Å². The van der Waals surface area contributed by atoms with Gasteiger partial charge >= 0.3 is 12.1 Å². The smallest absolute Gasteiger partial charge is 0.413 e. The Morgan fingerprint density at radius 1 is 1.15 bits per heavy atom. The zero-order chi connectivity index (χ0) is 14.4. The van der Waals surface area contributed by atoms with Gasteiger partial charge in [0.25, 0.3) is 0 Å². The van der Waals surface area contributed by atoms with Crippen LogP contribution in [0.1, 0.15) is 32.1 Å². The van der Waals surface area contributed by atoms with E-state index in [-0.39, 0.29) is 5.92 Å². The number of amides is 1. The van der Waals surface area contributed by atoms with Gasteiger partial charge in [-0.3, -0.25) is 0 Å². The highest BCUT2D eigenvalue weighted by atomic mass is 16.6. The second-order valence-electron chi connectivity index (χ2n) is 5.06. The minimum Gasteiger partial charge on any atom is -0.480 e. The number of ether oxygens (including phenoxy) is 1. The van der Waals surface area contributed by atoms with Gasteiger partial charge in [0.15, 0.2) is 0 Å². The van der Waals surface area contributed by atoms with Gasteiger partial charge in [0.2, 0.25) is 0 Å². The largest absolute Gasteiger partial charge is 0.480 e. The molecule has 1 aromatic carbocycles. The van der Waals surface area contributed by atoms with Crippen LogP contribution in [0.25, 0.3) is 0 Å². The summed E-state index contributed by atoms with van der Waals surface area (Å²) in [6.45, 7) is 0. The highest BCUT2D eigenvalue weighted by Crippen LogP contribution is 2.26. The minimum absolute atomic E-state index is 0.00965. The Bertz CT molecular complexity index is 454. The molecular formula is C15H19NO4. The van der Waals surface area contributed by atoms with Crippen LogP contribution >= 0.6 is 0 Å². The van der Waals surface area contributed by atoms with Crippen LogP contribution in [-0.4, -0.2) is 23.2 Å². The lowest BCUT2D eigenvalue weighted by Crippen LogP contribution is -2.47. The summed E-state index contributed by atoms with van der Waals surface area (Å²) in [5.74, 6) is -0.607. The predicted octanol–water partition coefficient (Wildman–Crippen LogP) is 2.81. The van der Waals surface area contributed by atoms with E-state index in [4.69, 9.17) is 4.74 Å². The van der Waals surface area contributed by atoms with Gasteiger partial charge in [-0.05, 0) is 30.9 Å². The lowest BCUT2D eigenvalue weighted by atomic mass is 9.84. The van der Waals surface area contributed by atoms with Crippen molar-refractivity contribution in [2.75, 3.05) is 0 Å². The van der Waals surface area contributed by atoms with Crippen molar-refractivity contribution < 1.29 is 19.4 Å². The van der Waals surface area contributed by atoms with Crippen molar-refractivity contribution in [2.45, 2.75) is 38.1 Å². The van der Waals surface area contributed by atoms with Crippen LogP contribution in [0.4, 0.5) is 4.79 Å². The van der Waals surface area contributed by atoms with E-state index in [1.54, 1.807) is 24.3 Å². The topological polar surface area (TPSA) is 75.6 Å². The van der Waals surface area contributed by atoms with Crippen molar-refractivity contribution in [2.24, 2.45) is 5.92 Å². The molecule has 1 fully saturated rings. The normalized spacial score (nSPS) is 17.2. The van der Waals surface area contributed by atoms with Crippen molar-refractivity contribution >= 4 is 12.1 Å². The average Bonchev–Trinajstić information content (AvgIpc) is 2.46. The van der Waals surface area contributed by atoms with Crippen LogP contribution in [0.2, 0.25) is 0 Å². The first-order valence-corrected chi connectivity index (χ1v) is 6.93. The number of carboxylic acids is 1. The van der Waals surface area contributed by atoms with Crippen LogP contribution in [0.15, 0.2) is 30.3 Å². The molecule has 1 amide bonds. The van der Waals surface area contributed by atoms with E-state index >= 15 is 0 Å². The summed E-state index contributed by atoms with van der Waals surface area (Å²) >= 11 is 0. The molecule has 2 N–H and O–H groups in total. The fourth-order valence-electron chi connectivity index (χ4n) is 2.60. The third kappa shape index (κ3) is 3.98. The first-order valence-electron chi connectivity index (χ1n) is 6.93. The van der Waals surface area contributed by atoms with E-state index in [9.17, 15) is 14.7 Å². The standard InChI is InChI=1S/C15H19NO4/c17-14(18)13(11-7-3-1-4-8-11)16-15(19)20-12-9-5-2-6-10-12/h2,5-6,9-11,13H,1,3-4,7-8H2,(H,16,19)(H,17,18). The molecule has 0 heterocycles. The Balaban J connectivity index is 1.93. The van der Waals surface area contributed by atoms with Crippen molar-refractivity contribution in [1.82, 2.24) is 5.32 Å². The predicted molar refractivity (Wildman–Crippen MR) is 73.6 cm³/mol. The molecule has 5 heteroatoms. The van der Waals surface area contributed by atoms with Gasteiger partial charge < -0.3 is 15.2 Å². The van der Waals surface area contributed by atoms with E-state index in [1.165, 1.54) is 0 Å². The molecule has 0 spiro atoms. The van der Waals surface area contributed by atoms with Crippen molar-refractivity contribution in [1.29, 1.82) is 0 Å². The van der Waals surface area contributed by atoms with E-state index in [0.717, 1.165) is 32.1 Å². The maximum Gasteiger partial charge on any atom is 0.413 e. The minimum atomic E-state index is -0.998. The summed E-state index contributed by atoms with van der Waals surface area (Å²) in [6, 6.07) is 7.74. The molecule has 1 aliphatic rings.